The molecular weight excluding hydrogens is 286 g/mol. The van der Waals surface area contributed by atoms with Crippen molar-refractivity contribution < 1.29 is 9.53 Å². The topological polar surface area (TPSA) is 50.4 Å². The number of rotatable bonds is 5. The zero-order chi connectivity index (χ0) is 12.9. The van der Waals surface area contributed by atoms with Gasteiger partial charge in [0.1, 0.15) is 6.17 Å². The van der Waals surface area contributed by atoms with Gasteiger partial charge in [0.25, 0.3) is 0 Å². The van der Waals surface area contributed by atoms with Crippen LogP contribution in [0.15, 0.2) is 0 Å². The van der Waals surface area contributed by atoms with Crippen LogP contribution >= 0.6 is 34.8 Å². The Labute approximate surface area is 116 Å². The summed E-state index contributed by atoms with van der Waals surface area (Å²) in [7, 11) is 0. The van der Waals surface area contributed by atoms with Gasteiger partial charge in [-0.25, -0.2) is 0 Å². The van der Waals surface area contributed by atoms with Crippen LogP contribution in [0.5, 0.6) is 0 Å². The van der Waals surface area contributed by atoms with Crippen LogP contribution in [-0.4, -0.2) is 35.1 Å². The van der Waals surface area contributed by atoms with Gasteiger partial charge >= 0.3 is 0 Å². The van der Waals surface area contributed by atoms with Crippen molar-refractivity contribution in [2.75, 3.05) is 13.2 Å². The molecule has 2 N–H and O–H groups in total. The lowest BCUT2D eigenvalue weighted by Crippen LogP contribution is -2.54. The van der Waals surface area contributed by atoms with Crippen molar-refractivity contribution >= 4 is 40.7 Å². The molecule has 0 aromatic rings. The summed E-state index contributed by atoms with van der Waals surface area (Å²) < 4.78 is 3.86. The first-order valence-electron chi connectivity index (χ1n) is 5.64. The standard InChI is InChI=1S/C10H17Cl3N2O2/c1-2-8(16)15-9(10(11,12)13)14-6-7-4-3-5-17-7/h7,9,14H,2-6H2,1H3,(H,15,16)/t7-,9+/m0/s1. The van der Waals surface area contributed by atoms with Gasteiger partial charge < -0.3 is 10.1 Å². The first-order valence-corrected chi connectivity index (χ1v) is 6.78. The molecule has 1 heterocycles. The Morgan fingerprint density at radius 1 is 1.53 bits per heavy atom. The molecule has 2 atom stereocenters. The molecule has 1 rings (SSSR count). The molecule has 0 unspecified atom stereocenters. The van der Waals surface area contributed by atoms with E-state index in [9.17, 15) is 4.79 Å². The third-order valence-corrected chi connectivity index (χ3v) is 3.18. The van der Waals surface area contributed by atoms with E-state index in [1.54, 1.807) is 6.92 Å². The van der Waals surface area contributed by atoms with Crippen LogP contribution in [0.3, 0.4) is 0 Å². The van der Waals surface area contributed by atoms with Crippen molar-refractivity contribution in [3.8, 4) is 0 Å². The van der Waals surface area contributed by atoms with Crippen LogP contribution in [-0.2, 0) is 9.53 Å². The van der Waals surface area contributed by atoms with Gasteiger partial charge in [-0.15, -0.1) is 0 Å². The van der Waals surface area contributed by atoms with Gasteiger partial charge in [-0.05, 0) is 12.8 Å². The fourth-order valence-corrected chi connectivity index (χ4v) is 1.96. The first-order chi connectivity index (χ1) is 7.93. The summed E-state index contributed by atoms with van der Waals surface area (Å²) in [5, 5.41) is 5.64. The lowest BCUT2D eigenvalue weighted by atomic mass is 10.2. The zero-order valence-electron chi connectivity index (χ0n) is 9.64. The van der Waals surface area contributed by atoms with E-state index in [2.05, 4.69) is 10.6 Å². The first kappa shape index (κ1) is 15.3. The van der Waals surface area contributed by atoms with Crippen molar-refractivity contribution in [3.63, 3.8) is 0 Å². The van der Waals surface area contributed by atoms with Gasteiger partial charge in [-0.3, -0.25) is 10.1 Å². The maximum atomic E-state index is 11.3. The Bertz CT molecular complexity index is 252. The molecule has 1 aliphatic rings. The van der Waals surface area contributed by atoms with E-state index in [1.165, 1.54) is 0 Å². The fourth-order valence-electron chi connectivity index (χ4n) is 1.57. The lowest BCUT2D eigenvalue weighted by Gasteiger charge is -2.27. The number of carbonyl (C=O) groups is 1. The van der Waals surface area contributed by atoms with Gasteiger partial charge in [0.2, 0.25) is 9.70 Å². The van der Waals surface area contributed by atoms with Crippen LogP contribution in [0, 0.1) is 0 Å². The molecule has 1 amide bonds. The van der Waals surface area contributed by atoms with E-state index in [4.69, 9.17) is 39.5 Å². The summed E-state index contributed by atoms with van der Waals surface area (Å²) in [4.78, 5) is 11.3. The van der Waals surface area contributed by atoms with Gasteiger partial charge in [0.05, 0.1) is 6.10 Å². The third-order valence-electron chi connectivity index (χ3n) is 2.53. The molecule has 0 saturated carbocycles. The molecule has 1 saturated heterocycles. The molecule has 0 spiro atoms. The number of carbonyl (C=O) groups excluding carboxylic acids is 1. The van der Waals surface area contributed by atoms with E-state index in [0.29, 0.717) is 13.0 Å². The molecule has 0 aromatic heterocycles. The van der Waals surface area contributed by atoms with Gasteiger partial charge in [0.15, 0.2) is 0 Å². The van der Waals surface area contributed by atoms with Crippen LogP contribution in [0.2, 0.25) is 0 Å². The van der Waals surface area contributed by atoms with Gasteiger partial charge in [0, 0.05) is 19.6 Å². The number of ether oxygens (including phenoxy) is 1. The quantitative estimate of drug-likeness (QED) is 0.603. The largest absolute Gasteiger partial charge is 0.377 e. The Kier molecular flexibility index (Phi) is 6.31. The molecule has 100 valence electrons. The summed E-state index contributed by atoms with van der Waals surface area (Å²) in [5.41, 5.74) is 0. The monoisotopic (exact) mass is 302 g/mol. The Balaban J connectivity index is 2.42. The maximum Gasteiger partial charge on any atom is 0.223 e. The second-order valence-corrected chi connectivity index (χ2v) is 6.31. The molecule has 0 aromatic carbocycles. The Morgan fingerprint density at radius 3 is 2.71 bits per heavy atom. The average Bonchev–Trinajstić information content (AvgIpc) is 2.74. The summed E-state index contributed by atoms with van der Waals surface area (Å²) in [6, 6.07) is 0. The highest BCUT2D eigenvalue weighted by Crippen LogP contribution is 2.29. The zero-order valence-corrected chi connectivity index (χ0v) is 11.9. The summed E-state index contributed by atoms with van der Waals surface area (Å²) in [6.07, 6.45) is 1.80. The second kappa shape index (κ2) is 7.00. The highest BCUT2D eigenvalue weighted by Gasteiger charge is 2.34. The predicted molar refractivity (Wildman–Crippen MR) is 69.5 cm³/mol. The molecule has 0 bridgehead atoms. The SMILES string of the molecule is CCC(=O)N[C@@H](NC[C@@H]1CCCO1)C(Cl)(Cl)Cl. The molecule has 1 aliphatic heterocycles. The van der Waals surface area contributed by atoms with E-state index in [0.717, 1.165) is 19.4 Å². The van der Waals surface area contributed by atoms with Gasteiger partial charge in [-0.2, -0.15) is 0 Å². The predicted octanol–water partition coefficient (Wildman–Crippen LogP) is 1.98. The number of halogens is 3. The van der Waals surface area contributed by atoms with Crippen LogP contribution < -0.4 is 10.6 Å². The van der Waals surface area contributed by atoms with Crippen molar-refractivity contribution in [2.45, 2.75) is 42.2 Å². The molecule has 1 fully saturated rings. The van der Waals surface area contributed by atoms with E-state index in [-0.39, 0.29) is 12.0 Å². The summed E-state index contributed by atoms with van der Waals surface area (Å²) in [5.74, 6) is -0.166. The second-order valence-electron chi connectivity index (χ2n) is 3.94. The molecular formula is C10H17Cl3N2O2. The highest BCUT2D eigenvalue weighted by molar-refractivity contribution is 6.68. The smallest absolute Gasteiger partial charge is 0.223 e. The van der Waals surface area contributed by atoms with Crippen molar-refractivity contribution in [1.29, 1.82) is 0 Å². The van der Waals surface area contributed by atoms with Crippen LogP contribution in [0.1, 0.15) is 26.2 Å². The summed E-state index contributed by atoms with van der Waals surface area (Å²) >= 11 is 17.4. The number of hydrogen-bond donors (Lipinski definition) is 2. The highest BCUT2D eigenvalue weighted by atomic mass is 35.6. The Morgan fingerprint density at radius 2 is 2.24 bits per heavy atom. The molecule has 0 radical (unpaired) electrons. The third kappa shape index (κ3) is 5.62. The average molecular weight is 304 g/mol. The maximum absolute atomic E-state index is 11.3. The molecule has 0 aliphatic carbocycles. The minimum atomic E-state index is -1.58. The van der Waals surface area contributed by atoms with Crippen molar-refractivity contribution in [2.24, 2.45) is 0 Å². The van der Waals surface area contributed by atoms with E-state index < -0.39 is 9.96 Å². The summed E-state index contributed by atoms with van der Waals surface area (Å²) in [6.45, 7) is 3.07. The molecule has 17 heavy (non-hydrogen) atoms. The fraction of sp³-hybridized carbons (Fsp3) is 0.900. The van der Waals surface area contributed by atoms with Crippen molar-refractivity contribution in [1.82, 2.24) is 10.6 Å². The Hall–Kier alpha value is 0.260. The van der Waals surface area contributed by atoms with E-state index >= 15 is 0 Å². The lowest BCUT2D eigenvalue weighted by molar-refractivity contribution is -0.121. The van der Waals surface area contributed by atoms with Crippen LogP contribution in [0.25, 0.3) is 0 Å². The minimum absolute atomic E-state index is 0.128. The number of amides is 1. The molecule has 7 heteroatoms. The van der Waals surface area contributed by atoms with Gasteiger partial charge in [-0.1, -0.05) is 41.7 Å². The number of hydrogen-bond acceptors (Lipinski definition) is 3. The van der Waals surface area contributed by atoms with Crippen LogP contribution in [0.4, 0.5) is 0 Å². The van der Waals surface area contributed by atoms with E-state index in [1.807, 2.05) is 0 Å². The normalized spacial score (nSPS) is 22.5. The minimum Gasteiger partial charge on any atom is -0.377 e. The number of nitrogens with one attached hydrogen (secondary N) is 2. The van der Waals surface area contributed by atoms with Crippen molar-refractivity contribution in [3.05, 3.63) is 0 Å². The molecule has 4 nitrogen and oxygen atoms in total. The number of alkyl halides is 3.